The number of ether oxygens (including phenoxy) is 1. The Labute approximate surface area is 179 Å². The van der Waals surface area contributed by atoms with Crippen molar-refractivity contribution in [3.63, 3.8) is 0 Å². The Morgan fingerprint density at radius 1 is 0.967 bits per heavy atom. The number of aromatic nitrogens is 2. The molecular formula is C25H31N3O2. The largest absolute Gasteiger partial charge is 0.438 e. The van der Waals surface area contributed by atoms with Gasteiger partial charge in [-0.1, -0.05) is 36.4 Å². The van der Waals surface area contributed by atoms with Crippen molar-refractivity contribution in [3.05, 3.63) is 70.9 Å². The first-order valence-electron chi connectivity index (χ1n) is 10.6. The van der Waals surface area contributed by atoms with Gasteiger partial charge in [0, 0.05) is 25.1 Å². The van der Waals surface area contributed by atoms with E-state index in [-0.39, 0.29) is 5.91 Å². The van der Waals surface area contributed by atoms with Gasteiger partial charge >= 0.3 is 0 Å². The molecule has 0 radical (unpaired) electrons. The molecule has 3 aromatic rings. The van der Waals surface area contributed by atoms with Gasteiger partial charge in [-0.05, 0) is 64.3 Å². The van der Waals surface area contributed by atoms with Crippen LogP contribution in [0.3, 0.4) is 0 Å². The molecule has 0 aliphatic rings. The summed E-state index contributed by atoms with van der Waals surface area (Å²) in [6.45, 7) is 11.5. The minimum atomic E-state index is 0.157. The first kappa shape index (κ1) is 21.6. The lowest BCUT2D eigenvalue weighted by atomic mass is 10.1. The molecule has 30 heavy (non-hydrogen) atoms. The molecule has 1 aromatic heterocycles. The van der Waals surface area contributed by atoms with Crippen LogP contribution in [0.5, 0.6) is 11.6 Å². The average Bonchev–Trinajstić information content (AvgIpc) is 3.04. The molecule has 0 bridgehead atoms. The molecule has 0 N–H and O–H groups in total. The third-order valence-electron chi connectivity index (χ3n) is 5.49. The fourth-order valence-electron chi connectivity index (χ4n) is 3.64. The molecule has 158 valence electrons. The summed E-state index contributed by atoms with van der Waals surface area (Å²) >= 11 is 0. The van der Waals surface area contributed by atoms with E-state index < -0.39 is 0 Å². The molecule has 0 atom stereocenters. The molecule has 1 heterocycles. The van der Waals surface area contributed by atoms with Crippen molar-refractivity contribution < 1.29 is 9.53 Å². The topological polar surface area (TPSA) is 47.4 Å². The minimum absolute atomic E-state index is 0.157. The Kier molecular flexibility index (Phi) is 6.93. The molecule has 5 heteroatoms. The van der Waals surface area contributed by atoms with Gasteiger partial charge in [0.2, 0.25) is 11.8 Å². The van der Waals surface area contributed by atoms with E-state index in [9.17, 15) is 4.79 Å². The predicted octanol–water partition coefficient (Wildman–Crippen LogP) is 5.39. The zero-order valence-electron chi connectivity index (χ0n) is 18.6. The third-order valence-corrected chi connectivity index (χ3v) is 5.49. The summed E-state index contributed by atoms with van der Waals surface area (Å²) in [5.41, 5.74) is 5.00. The number of aryl methyl sites for hydroxylation is 3. The van der Waals surface area contributed by atoms with Crippen LogP contribution in [0.2, 0.25) is 0 Å². The smallest absolute Gasteiger partial charge is 0.226 e. The fourth-order valence-corrected chi connectivity index (χ4v) is 3.64. The van der Waals surface area contributed by atoms with Gasteiger partial charge in [-0.3, -0.25) is 4.79 Å². The summed E-state index contributed by atoms with van der Waals surface area (Å²) in [6.07, 6.45) is 1.03. The summed E-state index contributed by atoms with van der Waals surface area (Å²) in [7, 11) is 0. The van der Waals surface area contributed by atoms with Gasteiger partial charge in [0.25, 0.3) is 0 Å². The molecule has 0 aliphatic carbocycles. The van der Waals surface area contributed by atoms with Crippen molar-refractivity contribution >= 4 is 5.91 Å². The first-order valence-corrected chi connectivity index (χ1v) is 10.6. The van der Waals surface area contributed by atoms with Crippen LogP contribution in [0.25, 0.3) is 5.69 Å². The number of hydrogen-bond acceptors (Lipinski definition) is 3. The van der Waals surface area contributed by atoms with Crippen molar-refractivity contribution in [2.45, 2.75) is 47.5 Å². The number of hydrogen-bond donors (Lipinski definition) is 0. The Hall–Kier alpha value is -3.08. The summed E-state index contributed by atoms with van der Waals surface area (Å²) in [5, 5.41) is 4.80. The maximum atomic E-state index is 12.6. The van der Waals surface area contributed by atoms with E-state index in [1.807, 2.05) is 79.7 Å². The van der Waals surface area contributed by atoms with E-state index in [1.54, 1.807) is 0 Å². The molecule has 0 saturated heterocycles. The highest BCUT2D eigenvalue weighted by atomic mass is 16.5. The lowest BCUT2D eigenvalue weighted by Crippen LogP contribution is -2.30. The van der Waals surface area contributed by atoms with E-state index in [2.05, 4.69) is 13.0 Å². The van der Waals surface area contributed by atoms with Crippen LogP contribution in [-0.4, -0.2) is 33.7 Å². The van der Waals surface area contributed by atoms with Gasteiger partial charge in [0.15, 0.2) is 0 Å². The summed E-state index contributed by atoms with van der Waals surface area (Å²) < 4.78 is 8.29. The molecule has 0 unspecified atom stereocenters. The molecule has 0 aliphatic heterocycles. The molecule has 0 saturated carbocycles. The number of rotatable bonds is 8. The van der Waals surface area contributed by atoms with Crippen LogP contribution in [-0.2, 0) is 11.2 Å². The van der Waals surface area contributed by atoms with Crippen LogP contribution >= 0.6 is 0 Å². The highest BCUT2D eigenvalue weighted by Gasteiger charge is 2.22. The highest BCUT2D eigenvalue weighted by molar-refractivity contribution is 5.76. The number of para-hydroxylation sites is 2. The molecule has 5 nitrogen and oxygen atoms in total. The van der Waals surface area contributed by atoms with Crippen molar-refractivity contribution in [1.82, 2.24) is 14.7 Å². The highest BCUT2D eigenvalue weighted by Crippen LogP contribution is 2.33. The zero-order valence-corrected chi connectivity index (χ0v) is 18.6. The quantitative estimate of drug-likeness (QED) is 0.505. The second-order valence-electron chi connectivity index (χ2n) is 7.50. The maximum absolute atomic E-state index is 12.6. The number of amides is 1. The van der Waals surface area contributed by atoms with Crippen molar-refractivity contribution in [1.29, 1.82) is 0 Å². The fraction of sp³-hybridized carbons (Fsp3) is 0.360. The monoisotopic (exact) mass is 405 g/mol. The van der Waals surface area contributed by atoms with Gasteiger partial charge < -0.3 is 9.64 Å². The van der Waals surface area contributed by atoms with Crippen molar-refractivity contribution in [2.24, 2.45) is 0 Å². The van der Waals surface area contributed by atoms with Gasteiger partial charge in [0.05, 0.1) is 11.4 Å². The standard InChI is InChI=1S/C25H31N3O2/c1-6-27(7-2)24(29)17-16-21-20(5)26-28(22-14-10-8-12-18(22)3)25(21)30-23-15-11-9-13-19(23)4/h8-15H,6-7,16-17H2,1-5H3. The second kappa shape index (κ2) is 9.61. The Bertz CT molecular complexity index is 1020. The third kappa shape index (κ3) is 4.56. The SMILES string of the molecule is CCN(CC)C(=O)CCc1c(C)nn(-c2ccccc2C)c1Oc1ccccc1C. The van der Waals surface area contributed by atoms with Crippen LogP contribution < -0.4 is 4.74 Å². The van der Waals surface area contributed by atoms with Crippen molar-refractivity contribution in [2.75, 3.05) is 13.1 Å². The summed E-state index contributed by atoms with van der Waals surface area (Å²) in [4.78, 5) is 14.5. The van der Waals surface area contributed by atoms with E-state index >= 15 is 0 Å². The van der Waals surface area contributed by atoms with E-state index in [0.717, 1.165) is 46.9 Å². The number of carbonyl (C=O) groups excluding carboxylic acids is 1. The molecule has 0 spiro atoms. The van der Waals surface area contributed by atoms with Gasteiger partial charge in [-0.25, -0.2) is 0 Å². The van der Waals surface area contributed by atoms with Gasteiger partial charge in [-0.2, -0.15) is 9.78 Å². The summed E-state index contributed by atoms with van der Waals surface area (Å²) in [5.74, 6) is 1.64. The van der Waals surface area contributed by atoms with Gasteiger partial charge in [0.1, 0.15) is 5.75 Å². The maximum Gasteiger partial charge on any atom is 0.226 e. The Balaban J connectivity index is 2.02. The average molecular weight is 406 g/mol. The van der Waals surface area contributed by atoms with E-state index in [0.29, 0.717) is 18.7 Å². The normalized spacial score (nSPS) is 10.8. The van der Waals surface area contributed by atoms with Crippen LogP contribution in [0.4, 0.5) is 0 Å². The molecule has 0 fully saturated rings. The molecule has 3 rings (SSSR count). The number of nitrogens with zero attached hydrogens (tertiary/aromatic N) is 3. The van der Waals surface area contributed by atoms with E-state index in [1.165, 1.54) is 0 Å². The molecule has 1 amide bonds. The van der Waals surface area contributed by atoms with Crippen LogP contribution in [0.1, 0.15) is 42.7 Å². The Morgan fingerprint density at radius 3 is 2.23 bits per heavy atom. The first-order chi connectivity index (χ1) is 14.5. The van der Waals surface area contributed by atoms with Crippen LogP contribution in [0.15, 0.2) is 48.5 Å². The number of carbonyl (C=O) groups is 1. The van der Waals surface area contributed by atoms with Gasteiger partial charge in [-0.15, -0.1) is 0 Å². The lowest BCUT2D eigenvalue weighted by molar-refractivity contribution is -0.130. The van der Waals surface area contributed by atoms with E-state index in [4.69, 9.17) is 9.84 Å². The lowest BCUT2D eigenvalue weighted by Gasteiger charge is -2.19. The summed E-state index contributed by atoms with van der Waals surface area (Å²) in [6, 6.07) is 16.1. The number of benzene rings is 2. The zero-order chi connectivity index (χ0) is 21.7. The predicted molar refractivity (Wildman–Crippen MR) is 121 cm³/mol. The molecular weight excluding hydrogens is 374 g/mol. The molecule has 2 aromatic carbocycles. The second-order valence-corrected chi connectivity index (χ2v) is 7.50. The minimum Gasteiger partial charge on any atom is -0.438 e. The Morgan fingerprint density at radius 2 is 1.60 bits per heavy atom. The van der Waals surface area contributed by atoms with Crippen LogP contribution in [0, 0.1) is 20.8 Å². The van der Waals surface area contributed by atoms with Crippen molar-refractivity contribution in [3.8, 4) is 17.3 Å².